The number of nitrogens with zero attached hydrogens (tertiary/aromatic N) is 1. The summed E-state index contributed by atoms with van der Waals surface area (Å²) in [6.07, 6.45) is 3.21. The molecule has 0 aliphatic carbocycles. The molecule has 0 aromatic carbocycles. The van der Waals surface area contributed by atoms with E-state index in [4.69, 9.17) is 14.7 Å². The minimum Gasteiger partial charge on any atom is -0.379 e. The molecular weight excluding hydrogens is 216 g/mol. The van der Waals surface area contributed by atoms with Crippen LogP contribution in [-0.2, 0) is 9.47 Å². The van der Waals surface area contributed by atoms with Gasteiger partial charge in [-0.3, -0.25) is 0 Å². The van der Waals surface area contributed by atoms with Crippen molar-refractivity contribution in [2.24, 2.45) is 5.41 Å². The zero-order chi connectivity index (χ0) is 12.6. The summed E-state index contributed by atoms with van der Waals surface area (Å²) in [5, 5.41) is 12.1. The Morgan fingerprint density at radius 3 is 2.94 bits per heavy atom. The second-order valence-electron chi connectivity index (χ2n) is 5.22. The summed E-state index contributed by atoms with van der Waals surface area (Å²) in [4.78, 5) is 0. The summed E-state index contributed by atoms with van der Waals surface area (Å²) in [5.74, 6) is 0. The third kappa shape index (κ3) is 6.62. The average Bonchev–Trinajstić information content (AvgIpc) is 2.35. The fourth-order valence-corrected chi connectivity index (χ4v) is 1.77. The van der Waals surface area contributed by atoms with Gasteiger partial charge in [-0.2, -0.15) is 5.26 Å². The molecule has 1 heterocycles. The minimum absolute atomic E-state index is 0.198. The first-order valence-corrected chi connectivity index (χ1v) is 6.45. The molecule has 4 nitrogen and oxygen atoms in total. The normalized spacial score (nSPS) is 21.1. The third-order valence-corrected chi connectivity index (χ3v) is 2.95. The van der Waals surface area contributed by atoms with Gasteiger partial charge >= 0.3 is 0 Å². The van der Waals surface area contributed by atoms with E-state index in [1.54, 1.807) is 0 Å². The Morgan fingerprint density at radius 2 is 2.29 bits per heavy atom. The maximum atomic E-state index is 8.86. The lowest BCUT2D eigenvalue weighted by molar-refractivity contribution is -0.0320. The molecule has 1 atom stereocenters. The smallest absolute Gasteiger partial charge is 0.0933 e. The van der Waals surface area contributed by atoms with Gasteiger partial charge in [0.25, 0.3) is 0 Å². The van der Waals surface area contributed by atoms with Gasteiger partial charge < -0.3 is 14.8 Å². The van der Waals surface area contributed by atoms with Crippen LogP contribution in [0.3, 0.4) is 0 Å². The minimum atomic E-state index is -0.198. The van der Waals surface area contributed by atoms with Crippen molar-refractivity contribution in [2.45, 2.75) is 39.2 Å². The predicted octanol–water partition coefficient (Wildman–Crippen LogP) is 1.71. The molecule has 1 fully saturated rings. The van der Waals surface area contributed by atoms with Gasteiger partial charge in [-0.1, -0.05) is 0 Å². The number of nitriles is 1. The molecule has 4 heteroatoms. The fourth-order valence-electron chi connectivity index (χ4n) is 1.77. The van der Waals surface area contributed by atoms with E-state index >= 15 is 0 Å². The van der Waals surface area contributed by atoms with Gasteiger partial charge in [-0.05, 0) is 33.1 Å². The molecule has 0 spiro atoms. The first-order chi connectivity index (χ1) is 8.14. The van der Waals surface area contributed by atoms with E-state index in [0.29, 0.717) is 6.61 Å². The highest BCUT2D eigenvalue weighted by Crippen LogP contribution is 2.21. The van der Waals surface area contributed by atoms with Crippen LogP contribution in [0.5, 0.6) is 0 Å². The summed E-state index contributed by atoms with van der Waals surface area (Å²) in [6, 6.07) is 2.31. The SMILES string of the molecule is CC(C)(C#N)CCCCOCC1CNCCO1. The Balaban J connectivity index is 1.92. The van der Waals surface area contributed by atoms with Crippen LogP contribution < -0.4 is 5.32 Å². The molecule has 1 N–H and O–H groups in total. The molecule has 17 heavy (non-hydrogen) atoms. The largest absolute Gasteiger partial charge is 0.379 e. The Kier molecular flexibility index (Phi) is 6.49. The van der Waals surface area contributed by atoms with Crippen LogP contribution in [0.25, 0.3) is 0 Å². The van der Waals surface area contributed by atoms with Crippen molar-refractivity contribution < 1.29 is 9.47 Å². The summed E-state index contributed by atoms with van der Waals surface area (Å²) in [6.45, 7) is 8.02. The van der Waals surface area contributed by atoms with E-state index < -0.39 is 0 Å². The molecule has 0 bridgehead atoms. The summed E-state index contributed by atoms with van der Waals surface area (Å²) in [5.41, 5.74) is -0.198. The van der Waals surface area contributed by atoms with Gasteiger partial charge in [-0.25, -0.2) is 0 Å². The third-order valence-electron chi connectivity index (χ3n) is 2.95. The number of morpholine rings is 1. The predicted molar refractivity (Wildman–Crippen MR) is 66.7 cm³/mol. The van der Waals surface area contributed by atoms with Crippen LogP contribution in [0, 0.1) is 16.7 Å². The molecule has 1 aliphatic rings. The average molecular weight is 240 g/mol. The van der Waals surface area contributed by atoms with Crippen LogP contribution in [0.4, 0.5) is 0 Å². The Hall–Kier alpha value is -0.630. The number of hydrogen-bond acceptors (Lipinski definition) is 4. The maximum Gasteiger partial charge on any atom is 0.0933 e. The van der Waals surface area contributed by atoms with Gasteiger partial charge in [0, 0.05) is 19.7 Å². The molecule has 0 saturated carbocycles. The van der Waals surface area contributed by atoms with E-state index in [1.807, 2.05) is 13.8 Å². The monoisotopic (exact) mass is 240 g/mol. The second kappa shape index (κ2) is 7.65. The summed E-state index contributed by atoms with van der Waals surface area (Å²) < 4.78 is 11.1. The summed E-state index contributed by atoms with van der Waals surface area (Å²) in [7, 11) is 0. The van der Waals surface area contributed by atoms with Gasteiger partial charge in [0.15, 0.2) is 0 Å². The van der Waals surface area contributed by atoms with Gasteiger partial charge in [0.1, 0.15) is 0 Å². The zero-order valence-electron chi connectivity index (χ0n) is 11.0. The quantitative estimate of drug-likeness (QED) is 0.688. The van der Waals surface area contributed by atoms with E-state index in [2.05, 4.69) is 11.4 Å². The fraction of sp³-hybridized carbons (Fsp3) is 0.923. The molecule has 0 radical (unpaired) electrons. The molecule has 1 aliphatic heterocycles. The first-order valence-electron chi connectivity index (χ1n) is 6.45. The van der Waals surface area contributed by atoms with Crippen molar-refractivity contribution in [3.05, 3.63) is 0 Å². The molecular formula is C13H24N2O2. The summed E-state index contributed by atoms with van der Waals surface area (Å²) >= 11 is 0. The Morgan fingerprint density at radius 1 is 1.47 bits per heavy atom. The van der Waals surface area contributed by atoms with E-state index in [9.17, 15) is 0 Å². The highest BCUT2D eigenvalue weighted by Gasteiger charge is 2.16. The van der Waals surface area contributed by atoms with Gasteiger partial charge in [0.2, 0.25) is 0 Å². The van der Waals surface area contributed by atoms with E-state index in [-0.39, 0.29) is 11.5 Å². The van der Waals surface area contributed by atoms with E-state index in [1.165, 1.54) is 0 Å². The molecule has 0 aromatic heterocycles. The van der Waals surface area contributed by atoms with Crippen molar-refractivity contribution in [3.8, 4) is 6.07 Å². The topological polar surface area (TPSA) is 54.3 Å². The van der Waals surface area contributed by atoms with Crippen molar-refractivity contribution in [2.75, 3.05) is 32.9 Å². The molecule has 1 rings (SSSR count). The number of hydrogen-bond donors (Lipinski definition) is 1. The molecule has 98 valence electrons. The van der Waals surface area contributed by atoms with E-state index in [0.717, 1.165) is 45.6 Å². The van der Waals surface area contributed by atoms with Crippen molar-refractivity contribution in [1.82, 2.24) is 5.32 Å². The van der Waals surface area contributed by atoms with Crippen LogP contribution in [0.15, 0.2) is 0 Å². The lowest BCUT2D eigenvalue weighted by atomic mass is 9.89. The lowest BCUT2D eigenvalue weighted by Gasteiger charge is -2.23. The number of rotatable bonds is 7. The number of ether oxygens (including phenoxy) is 2. The van der Waals surface area contributed by atoms with Gasteiger partial charge in [0.05, 0.1) is 30.8 Å². The highest BCUT2D eigenvalue weighted by atomic mass is 16.5. The van der Waals surface area contributed by atoms with Crippen LogP contribution in [0.1, 0.15) is 33.1 Å². The Bertz CT molecular complexity index is 242. The number of nitrogens with one attached hydrogen (secondary N) is 1. The molecule has 0 amide bonds. The van der Waals surface area contributed by atoms with Crippen molar-refractivity contribution in [1.29, 1.82) is 5.26 Å². The van der Waals surface area contributed by atoms with Crippen LogP contribution in [0.2, 0.25) is 0 Å². The molecule has 0 aromatic rings. The first kappa shape index (κ1) is 14.4. The lowest BCUT2D eigenvalue weighted by Crippen LogP contribution is -2.41. The van der Waals surface area contributed by atoms with Crippen LogP contribution >= 0.6 is 0 Å². The maximum absolute atomic E-state index is 8.86. The van der Waals surface area contributed by atoms with Crippen molar-refractivity contribution >= 4 is 0 Å². The van der Waals surface area contributed by atoms with Gasteiger partial charge in [-0.15, -0.1) is 0 Å². The standard InChI is InChI=1S/C13H24N2O2/c1-13(2,11-14)5-3-4-7-16-10-12-9-15-6-8-17-12/h12,15H,3-10H2,1-2H3. The highest BCUT2D eigenvalue weighted by molar-refractivity contribution is 4.91. The Labute approximate surface area is 104 Å². The van der Waals surface area contributed by atoms with Crippen LogP contribution in [-0.4, -0.2) is 39.0 Å². The zero-order valence-corrected chi connectivity index (χ0v) is 11.0. The van der Waals surface area contributed by atoms with Crippen molar-refractivity contribution in [3.63, 3.8) is 0 Å². The number of unbranched alkanes of at least 4 members (excludes halogenated alkanes) is 1. The molecule has 1 unspecified atom stereocenters. The molecule has 1 saturated heterocycles. The second-order valence-corrected chi connectivity index (χ2v) is 5.22.